The van der Waals surface area contributed by atoms with Crippen LogP contribution in [-0.4, -0.2) is 34.7 Å². The van der Waals surface area contributed by atoms with E-state index in [1.54, 1.807) is 4.90 Å². The van der Waals surface area contributed by atoms with Gasteiger partial charge < -0.3 is 9.88 Å². The molecule has 18 heavy (non-hydrogen) atoms. The van der Waals surface area contributed by atoms with Gasteiger partial charge in [0, 0.05) is 18.3 Å². The molecule has 0 unspecified atom stereocenters. The molecule has 4 heteroatoms. The minimum atomic E-state index is -0.0391. The Morgan fingerprint density at radius 2 is 2.11 bits per heavy atom. The molecule has 0 spiro atoms. The maximum absolute atomic E-state index is 11.5. The number of likely N-dealkylation sites (tertiary alicyclic amines) is 1. The highest BCUT2D eigenvalue weighted by molar-refractivity contribution is 6.05. The van der Waals surface area contributed by atoms with Crippen molar-refractivity contribution in [3.05, 3.63) is 36.0 Å². The minimum absolute atomic E-state index is 0.0288. The van der Waals surface area contributed by atoms with Crippen LogP contribution in [0.25, 0.3) is 10.9 Å². The number of carbonyl (C=O) groups is 2. The molecule has 1 fully saturated rings. The molecule has 1 saturated heterocycles. The first kappa shape index (κ1) is 11.0. The van der Waals surface area contributed by atoms with Crippen molar-refractivity contribution in [2.75, 3.05) is 13.1 Å². The van der Waals surface area contributed by atoms with Crippen molar-refractivity contribution >= 4 is 22.6 Å². The Balaban J connectivity index is 1.69. The number of H-pyrrole nitrogens is 1. The highest BCUT2D eigenvalue weighted by atomic mass is 16.2. The lowest BCUT2D eigenvalue weighted by atomic mass is 10.1. The lowest BCUT2D eigenvalue weighted by Gasteiger charge is -2.14. The average molecular weight is 242 g/mol. The zero-order valence-electron chi connectivity index (χ0n) is 9.98. The topological polar surface area (TPSA) is 53.2 Å². The first-order valence-electron chi connectivity index (χ1n) is 6.08. The number of ketones is 1. The van der Waals surface area contributed by atoms with E-state index in [-0.39, 0.29) is 24.7 Å². The van der Waals surface area contributed by atoms with Gasteiger partial charge in [0.2, 0.25) is 5.91 Å². The molecule has 0 saturated carbocycles. The van der Waals surface area contributed by atoms with Gasteiger partial charge >= 0.3 is 0 Å². The second-order valence-electron chi connectivity index (χ2n) is 4.68. The Labute approximate surface area is 105 Å². The van der Waals surface area contributed by atoms with Crippen molar-refractivity contribution < 1.29 is 9.59 Å². The number of aromatic amines is 1. The van der Waals surface area contributed by atoms with Gasteiger partial charge in [-0.15, -0.1) is 0 Å². The first-order chi connectivity index (χ1) is 8.72. The molecule has 0 atom stereocenters. The highest BCUT2D eigenvalue weighted by Gasteiger charge is 2.26. The summed E-state index contributed by atoms with van der Waals surface area (Å²) >= 11 is 0. The Morgan fingerprint density at radius 3 is 2.89 bits per heavy atom. The van der Waals surface area contributed by atoms with Crippen molar-refractivity contribution in [1.29, 1.82) is 0 Å². The summed E-state index contributed by atoms with van der Waals surface area (Å²) in [6, 6.07) is 8.25. The number of amides is 1. The molecule has 1 aliphatic rings. The zero-order valence-corrected chi connectivity index (χ0v) is 9.98. The molecule has 1 amide bonds. The Hall–Kier alpha value is -2.10. The van der Waals surface area contributed by atoms with E-state index in [2.05, 4.69) is 17.1 Å². The molecule has 1 aromatic carbocycles. The molecule has 1 aromatic heterocycles. The van der Waals surface area contributed by atoms with Crippen LogP contribution in [0.4, 0.5) is 0 Å². The van der Waals surface area contributed by atoms with Gasteiger partial charge in [-0.3, -0.25) is 9.59 Å². The summed E-state index contributed by atoms with van der Waals surface area (Å²) < 4.78 is 0. The minimum Gasteiger partial charge on any atom is -0.361 e. The van der Waals surface area contributed by atoms with Gasteiger partial charge in [-0.05, 0) is 35.6 Å². The number of rotatable bonds is 3. The standard InChI is InChI=1S/C14H14N2O2/c17-12-8-14(18)16(9-12)6-4-10-1-2-13-11(7-10)3-5-15-13/h1-3,5,7,15H,4,6,8-9H2. The lowest BCUT2D eigenvalue weighted by Crippen LogP contribution is -2.27. The zero-order chi connectivity index (χ0) is 12.5. The van der Waals surface area contributed by atoms with E-state index in [9.17, 15) is 9.59 Å². The fourth-order valence-electron chi connectivity index (χ4n) is 2.36. The van der Waals surface area contributed by atoms with E-state index < -0.39 is 0 Å². The monoisotopic (exact) mass is 242 g/mol. The Bertz CT molecular complexity index is 615. The smallest absolute Gasteiger partial charge is 0.230 e. The normalized spacial score (nSPS) is 15.9. The van der Waals surface area contributed by atoms with Gasteiger partial charge in [-0.2, -0.15) is 0 Å². The van der Waals surface area contributed by atoms with E-state index in [1.165, 1.54) is 10.9 Å². The molecule has 0 radical (unpaired) electrons. The summed E-state index contributed by atoms with van der Waals surface area (Å²) in [5.74, 6) is -0.0104. The molecule has 4 nitrogen and oxygen atoms in total. The fourth-order valence-corrected chi connectivity index (χ4v) is 2.36. The number of nitrogens with one attached hydrogen (secondary N) is 1. The molecule has 0 bridgehead atoms. The lowest BCUT2D eigenvalue weighted by molar-refractivity contribution is -0.127. The third kappa shape index (κ3) is 2.01. The van der Waals surface area contributed by atoms with E-state index in [0.29, 0.717) is 6.54 Å². The maximum atomic E-state index is 11.5. The number of carbonyl (C=O) groups excluding carboxylic acids is 2. The molecule has 2 heterocycles. The molecule has 1 aliphatic heterocycles. The van der Waals surface area contributed by atoms with E-state index in [0.717, 1.165) is 11.9 Å². The molecule has 2 aromatic rings. The average Bonchev–Trinajstić information content (AvgIpc) is 2.92. The SMILES string of the molecule is O=C1CC(=O)N(CCc2ccc3[nH]ccc3c2)C1. The third-order valence-corrected chi connectivity index (χ3v) is 3.36. The quantitative estimate of drug-likeness (QED) is 0.829. The van der Waals surface area contributed by atoms with Crippen LogP contribution >= 0.6 is 0 Å². The number of hydrogen-bond donors (Lipinski definition) is 1. The van der Waals surface area contributed by atoms with Crippen LogP contribution in [0.3, 0.4) is 0 Å². The molecule has 92 valence electrons. The van der Waals surface area contributed by atoms with E-state index >= 15 is 0 Å². The van der Waals surface area contributed by atoms with Crippen molar-refractivity contribution in [2.24, 2.45) is 0 Å². The van der Waals surface area contributed by atoms with Gasteiger partial charge in [0.1, 0.15) is 0 Å². The number of benzene rings is 1. The van der Waals surface area contributed by atoms with Crippen LogP contribution in [-0.2, 0) is 16.0 Å². The number of Topliss-reactive ketones (excluding diaryl/α,β-unsaturated/α-hetero) is 1. The molecular formula is C14H14N2O2. The van der Waals surface area contributed by atoms with Gasteiger partial charge in [0.05, 0.1) is 13.0 Å². The van der Waals surface area contributed by atoms with Gasteiger partial charge in [-0.25, -0.2) is 0 Å². The summed E-state index contributed by atoms with van der Waals surface area (Å²) in [7, 11) is 0. The summed E-state index contributed by atoms with van der Waals surface area (Å²) in [6.45, 7) is 0.908. The largest absolute Gasteiger partial charge is 0.361 e. The fraction of sp³-hybridized carbons (Fsp3) is 0.286. The van der Waals surface area contributed by atoms with Crippen LogP contribution < -0.4 is 0 Å². The van der Waals surface area contributed by atoms with E-state index in [4.69, 9.17) is 0 Å². The van der Waals surface area contributed by atoms with Gasteiger partial charge in [0.25, 0.3) is 0 Å². The van der Waals surface area contributed by atoms with Crippen LogP contribution in [0.2, 0.25) is 0 Å². The van der Waals surface area contributed by atoms with Gasteiger partial charge in [-0.1, -0.05) is 6.07 Å². The van der Waals surface area contributed by atoms with E-state index in [1.807, 2.05) is 18.3 Å². The van der Waals surface area contributed by atoms with Crippen molar-refractivity contribution in [2.45, 2.75) is 12.8 Å². The molecule has 3 rings (SSSR count). The highest BCUT2D eigenvalue weighted by Crippen LogP contribution is 2.15. The van der Waals surface area contributed by atoms with Crippen LogP contribution in [0.15, 0.2) is 30.5 Å². The third-order valence-electron chi connectivity index (χ3n) is 3.36. The predicted octanol–water partition coefficient (Wildman–Crippen LogP) is 1.51. The molecule has 1 N–H and O–H groups in total. The second kappa shape index (κ2) is 4.29. The number of hydrogen-bond acceptors (Lipinski definition) is 2. The summed E-state index contributed by atoms with van der Waals surface area (Å²) in [4.78, 5) is 27.4. The Kier molecular flexibility index (Phi) is 2.63. The number of nitrogens with zero attached hydrogens (tertiary/aromatic N) is 1. The van der Waals surface area contributed by atoms with Crippen molar-refractivity contribution in [1.82, 2.24) is 9.88 Å². The number of aromatic nitrogens is 1. The summed E-state index contributed by atoms with van der Waals surface area (Å²) in [5, 5.41) is 1.18. The van der Waals surface area contributed by atoms with Crippen LogP contribution in [0, 0.1) is 0 Å². The maximum Gasteiger partial charge on any atom is 0.230 e. The van der Waals surface area contributed by atoms with Crippen molar-refractivity contribution in [3.63, 3.8) is 0 Å². The van der Waals surface area contributed by atoms with Crippen LogP contribution in [0.5, 0.6) is 0 Å². The predicted molar refractivity (Wildman–Crippen MR) is 68.2 cm³/mol. The van der Waals surface area contributed by atoms with Crippen molar-refractivity contribution in [3.8, 4) is 0 Å². The Morgan fingerprint density at radius 1 is 1.22 bits per heavy atom. The summed E-state index contributed by atoms with van der Waals surface area (Å²) in [5.41, 5.74) is 2.31. The van der Waals surface area contributed by atoms with Gasteiger partial charge in [0.15, 0.2) is 5.78 Å². The molecule has 0 aliphatic carbocycles. The number of fused-ring (bicyclic) bond motifs is 1. The second-order valence-corrected chi connectivity index (χ2v) is 4.68. The molecular weight excluding hydrogens is 228 g/mol. The van der Waals surface area contributed by atoms with Crippen LogP contribution in [0.1, 0.15) is 12.0 Å². The first-order valence-corrected chi connectivity index (χ1v) is 6.08. The summed E-state index contributed by atoms with van der Waals surface area (Å²) in [6.07, 6.45) is 2.79.